The molecule has 0 saturated heterocycles. The smallest absolute Gasteiger partial charge is 0.240 e. The van der Waals surface area contributed by atoms with Gasteiger partial charge in [0.1, 0.15) is 0 Å². The van der Waals surface area contributed by atoms with Crippen LogP contribution in [0.1, 0.15) is 29.8 Å². The van der Waals surface area contributed by atoms with Crippen molar-refractivity contribution in [2.45, 2.75) is 39.4 Å². The maximum Gasteiger partial charge on any atom is 0.240 e. The lowest BCUT2D eigenvalue weighted by molar-refractivity contribution is 0.347. The van der Waals surface area contributed by atoms with Crippen LogP contribution in [0.3, 0.4) is 0 Å². The Balaban J connectivity index is 1.49. The first-order chi connectivity index (χ1) is 11.2. The highest BCUT2D eigenvalue weighted by Gasteiger charge is 2.09. The maximum atomic E-state index is 5.30. The summed E-state index contributed by atoms with van der Waals surface area (Å²) in [7, 11) is 0. The molecule has 3 aromatic rings. The Kier molecular flexibility index (Phi) is 4.83. The standard InChI is InChI=1S/C17H21N5O/c1-13-9-19-22(11-13)12-14(2)18-10-17-20-16(21-23-17)8-15-6-4-3-5-7-15/h3-7,9,11,14,18H,8,10,12H2,1-2H3/t14-/m1/s1. The van der Waals surface area contributed by atoms with Gasteiger partial charge in [-0.3, -0.25) is 4.68 Å². The maximum absolute atomic E-state index is 5.30. The molecule has 0 aliphatic rings. The molecule has 0 saturated carbocycles. The molecule has 0 fully saturated rings. The summed E-state index contributed by atoms with van der Waals surface area (Å²) in [5, 5.41) is 11.7. The molecule has 0 amide bonds. The van der Waals surface area contributed by atoms with Gasteiger partial charge in [0.2, 0.25) is 5.89 Å². The Hall–Kier alpha value is -2.47. The summed E-state index contributed by atoms with van der Waals surface area (Å²) in [6.45, 7) is 5.51. The van der Waals surface area contributed by atoms with E-state index in [-0.39, 0.29) is 6.04 Å². The second-order valence-electron chi connectivity index (χ2n) is 5.79. The van der Waals surface area contributed by atoms with Gasteiger partial charge in [-0.1, -0.05) is 35.5 Å². The van der Waals surface area contributed by atoms with Crippen LogP contribution in [0, 0.1) is 6.92 Å². The van der Waals surface area contributed by atoms with Crippen molar-refractivity contribution >= 4 is 0 Å². The molecular formula is C17H21N5O. The van der Waals surface area contributed by atoms with Crippen LogP contribution in [-0.2, 0) is 19.5 Å². The lowest BCUT2D eigenvalue weighted by Crippen LogP contribution is -2.30. The fourth-order valence-corrected chi connectivity index (χ4v) is 2.39. The average Bonchev–Trinajstić information content (AvgIpc) is 3.15. The first-order valence-corrected chi connectivity index (χ1v) is 7.77. The quantitative estimate of drug-likeness (QED) is 0.725. The Morgan fingerprint density at radius 2 is 2.09 bits per heavy atom. The van der Waals surface area contributed by atoms with Gasteiger partial charge in [0.05, 0.1) is 19.3 Å². The molecule has 1 atom stereocenters. The molecule has 6 heteroatoms. The summed E-state index contributed by atoms with van der Waals surface area (Å²) in [6.07, 6.45) is 4.58. The zero-order valence-corrected chi connectivity index (χ0v) is 13.4. The fourth-order valence-electron chi connectivity index (χ4n) is 2.39. The van der Waals surface area contributed by atoms with E-state index in [9.17, 15) is 0 Å². The van der Waals surface area contributed by atoms with E-state index in [1.165, 1.54) is 11.1 Å². The van der Waals surface area contributed by atoms with E-state index in [1.807, 2.05) is 42.2 Å². The number of nitrogens with zero attached hydrogens (tertiary/aromatic N) is 4. The molecule has 0 unspecified atom stereocenters. The van der Waals surface area contributed by atoms with Gasteiger partial charge in [0, 0.05) is 18.7 Å². The third-order valence-electron chi connectivity index (χ3n) is 3.54. The number of benzene rings is 1. The van der Waals surface area contributed by atoms with E-state index < -0.39 is 0 Å². The van der Waals surface area contributed by atoms with Gasteiger partial charge in [-0.05, 0) is 25.0 Å². The van der Waals surface area contributed by atoms with Gasteiger partial charge in [0.25, 0.3) is 0 Å². The monoisotopic (exact) mass is 311 g/mol. The first kappa shape index (κ1) is 15.4. The van der Waals surface area contributed by atoms with Gasteiger partial charge in [-0.15, -0.1) is 0 Å². The van der Waals surface area contributed by atoms with Gasteiger partial charge in [0.15, 0.2) is 5.82 Å². The summed E-state index contributed by atoms with van der Waals surface area (Å²) >= 11 is 0. The molecule has 3 rings (SSSR count). The predicted molar refractivity (Wildman–Crippen MR) is 86.8 cm³/mol. The van der Waals surface area contributed by atoms with Crippen molar-refractivity contribution in [2.75, 3.05) is 0 Å². The zero-order valence-electron chi connectivity index (χ0n) is 13.4. The molecule has 2 aromatic heterocycles. The van der Waals surface area contributed by atoms with E-state index in [0.29, 0.717) is 24.7 Å². The number of hydrogen-bond donors (Lipinski definition) is 1. The van der Waals surface area contributed by atoms with Crippen LogP contribution >= 0.6 is 0 Å². The highest BCUT2D eigenvalue weighted by atomic mass is 16.5. The summed E-state index contributed by atoms with van der Waals surface area (Å²) < 4.78 is 7.23. The third-order valence-corrected chi connectivity index (χ3v) is 3.54. The second-order valence-corrected chi connectivity index (χ2v) is 5.79. The van der Waals surface area contributed by atoms with E-state index in [0.717, 1.165) is 6.54 Å². The van der Waals surface area contributed by atoms with Gasteiger partial charge < -0.3 is 9.84 Å². The van der Waals surface area contributed by atoms with E-state index in [2.05, 4.69) is 39.6 Å². The molecule has 6 nitrogen and oxygen atoms in total. The van der Waals surface area contributed by atoms with Crippen molar-refractivity contribution in [3.05, 3.63) is 65.6 Å². The van der Waals surface area contributed by atoms with Crippen LogP contribution in [0.2, 0.25) is 0 Å². The number of nitrogens with one attached hydrogen (secondary N) is 1. The second kappa shape index (κ2) is 7.19. The molecule has 0 bridgehead atoms. The topological polar surface area (TPSA) is 68.8 Å². The fraction of sp³-hybridized carbons (Fsp3) is 0.353. The number of rotatable bonds is 7. The van der Waals surface area contributed by atoms with Crippen LogP contribution < -0.4 is 5.32 Å². The Labute approximate surface area is 135 Å². The lowest BCUT2D eigenvalue weighted by Gasteiger charge is -2.11. The molecule has 0 aliphatic heterocycles. The van der Waals surface area contributed by atoms with E-state index in [4.69, 9.17) is 4.52 Å². The van der Waals surface area contributed by atoms with Crippen molar-refractivity contribution in [1.82, 2.24) is 25.2 Å². The Bertz CT molecular complexity index is 734. The van der Waals surface area contributed by atoms with E-state index in [1.54, 1.807) is 0 Å². The summed E-state index contributed by atoms with van der Waals surface area (Å²) in [5.74, 6) is 1.32. The molecule has 1 N–H and O–H groups in total. The van der Waals surface area contributed by atoms with Crippen LogP contribution in [0.5, 0.6) is 0 Å². The normalized spacial score (nSPS) is 12.4. The van der Waals surface area contributed by atoms with Gasteiger partial charge in [-0.25, -0.2) is 0 Å². The van der Waals surface area contributed by atoms with Crippen LogP contribution in [0.15, 0.2) is 47.2 Å². The molecule has 0 radical (unpaired) electrons. The zero-order chi connectivity index (χ0) is 16.1. The first-order valence-electron chi connectivity index (χ1n) is 7.77. The summed E-state index contributed by atoms with van der Waals surface area (Å²) in [5.41, 5.74) is 2.34. The van der Waals surface area contributed by atoms with Crippen molar-refractivity contribution in [2.24, 2.45) is 0 Å². The van der Waals surface area contributed by atoms with Crippen LogP contribution in [0.4, 0.5) is 0 Å². The summed E-state index contributed by atoms with van der Waals surface area (Å²) in [4.78, 5) is 4.43. The molecule has 23 heavy (non-hydrogen) atoms. The Morgan fingerprint density at radius 1 is 1.26 bits per heavy atom. The number of aromatic nitrogens is 4. The summed E-state index contributed by atoms with van der Waals surface area (Å²) in [6, 6.07) is 10.4. The molecule has 2 heterocycles. The minimum atomic E-state index is 0.263. The minimum Gasteiger partial charge on any atom is -0.338 e. The Morgan fingerprint density at radius 3 is 2.83 bits per heavy atom. The minimum absolute atomic E-state index is 0.263. The van der Waals surface area contributed by atoms with Crippen LogP contribution in [0.25, 0.3) is 0 Å². The van der Waals surface area contributed by atoms with Gasteiger partial charge >= 0.3 is 0 Å². The molecule has 1 aromatic carbocycles. The predicted octanol–water partition coefficient (Wildman–Crippen LogP) is 2.34. The van der Waals surface area contributed by atoms with E-state index >= 15 is 0 Å². The third kappa shape index (κ3) is 4.50. The van der Waals surface area contributed by atoms with Crippen molar-refractivity contribution in [3.63, 3.8) is 0 Å². The molecular weight excluding hydrogens is 290 g/mol. The molecule has 0 aliphatic carbocycles. The SMILES string of the molecule is Cc1cnn(C[C@@H](C)NCc2nc(Cc3ccccc3)no2)c1. The average molecular weight is 311 g/mol. The van der Waals surface area contributed by atoms with Gasteiger partial charge in [-0.2, -0.15) is 10.1 Å². The number of hydrogen-bond acceptors (Lipinski definition) is 5. The van der Waals surface area contributed by atoms with Crippen molar-refractivity contribution in [3.8, 4) is 0 Å². The molecule has 120 valence electrons. The van der Waals surface area contributed by atoms with Crippen molar-refractivity contribution in [1.29, 1.82) is 0 Å². The molecule has 0 spiro atoms. The largest absolute Gasteiger partial charge is 0.338 e. The van der Waals surface area contributed by atoms with Crippen molar-refractivity contribution < 1.29 is 4.52 Å². The van der Waals surface area contributed by atoms with Crippen LogP contribution in [-0.4, -0.2) is 26.0 Å². The number of aryl methyl sites for hydroxylation is 1. The highest BCUT2D eigenvalue weighted by molar-refractivity contribution is 5.18. The highest BCUT2D eigenvalue weighted by Crippen LogP contribution is 2.06. The lowest BCUT2D eigenvalue weighted by atomic mass is 10.1.